The van der Waals surface area contributed by atoms with Crippen LogP contribution in [0.5, 0.6) is 0 Å². The molecule has 0 fully saturated rings. The standard InChI is InChI=1S/C20H13ClN6S/c21-15-11-9-14(10-12-15)18-19(26-13-5-4-8-17(26)22-18)28-20-23-24-25-27(20)16-6-2-1-3-7-16/h1-13H. The van der Waals surface area contributed by atoms with E-state index in [0.717, 1.165) is 27.6 Å². The molecule has 0 aliphatic rings. The number of hydrogen-bond acceptors (Lipinski definition) is 5. The molecule has 2 aromatic carbocycles. The van der Waals surface area contributed by atoms with E-state index in [0.29, 0.717) is 10.2 Å². The molecule has 0 amide bonds. The minimum absolute atomic E-state index is 0.659. The van der Waals surface area contributed by atoms with Crippen LogP contribution in [0.15, 0.2) is 89.2 Å². The third kappa shape index (κ3) is 3.04. The molecule has 0 N–H and O–H groups in total. The number of para-hydroxylation sites is 1. The van der Waals surface area contributed by atoms with Gasteiger partial charge < -0.3 is 0 Å². The largest absolute Gasteiger partial charge is 0.294 e. The first-order chi connectivity index (χ1) is 13.8. The summed E-state index contributed by atoms with van der Waals surface area (Å²) in [5.41, 5.74) is 3.59. The number of tetrazole rings is 1. The maximum atomic E-state index is 6.06. The molecule has 0 saturated heterocycles. The minimum atomic E-state index is 0.659. The first-order valence-electron chi connectivity index (χ1n) is 8.54. The van der Waals surface area contributed by atoms with Crippen LogP contribution in [0.3, 0.4) is 0 Å². The average molecular weight is 405 g/mol. The molecule has 0 radical (unpaired) electrons. The van der Waals surface area contributed by atoms with Gasteiger partial charge in [-0.25, -0.2) is 4.98 Å². The molecular weight excluding hydrogens is 392 g/mol. The first kappa shape index (κ1) is 17.0. The summed E-state index contributed by atoms with van der Waals surface area (Å²) in [6.45, 7) is 0. The maximum absolute atomic E-state index is 6.06. The Bertz CT molecular complexity index is 1250. The highest BCUT2D eigenvalue weighted by atomic mass is 35.5. The Morgan fingerprint density at radius 1 is 0.857 bits per heavy atom. The molecule has 5 aromatic rings. The van der Waals surface area contributed by atoms with Crippen molar-refractivity contribution >= 4 is 29.0 Å². The summed E-state index contributed by atoms with van der Waals surface area (Å²) in [6, 6.07) is 23.4. The molecule has 0 atom stereocenters. The number of aromatic nitrogens is 6. The molecule has 6 nitrogen and oxygen atoms in total. The van der Waals surface area contributed by atoms with E-state index in [1.165, 1.54) is 11.8 Å². The van der Waals surface area contributed by atoms with E-state index >= 15 is 0 Å². The highest BCUT2D eigenvalue weighted by Gasteiger charge is 2.19. The topological polar surface area (TPSA) is 60.9 Å². The van der Waals surface area contributed by atoms with Gasteiger partial charge in [0.15, 0.2) is 0 Å². The second-order valence-corrected chi connectivity index (χ2v) is 7.40. The summed E-state index contributed by atoms with van der Waals surface area (Å²) in [5, 5.41) is 14.5. The van der Waals surface area contributed by atoms with Crippen molar-refractivity contribution in [3.05, 3.63) is 84.0 Å². The molecule has 0 bridgehead atoms. The number of rotatable bonds is 4. The summed E-state index contributed by atoms with van der Waals surface area (Å²) in [5.74, 6) is 0. The predicted octanol–water partition coefficient (Wildman–Crippen LogP) is 4.78. The van der Waals surface area contributed by atoms with Gasteiger partial charge in [0.25, 0.3) is 0 Å². The smallest absolute Gasteiger partial charge is 0.220 e. The van der Waals surface area contributed by atoms with Crippen LogP contribution in [0.1, 0.15) is 0 Å². The van der Waals surface area contributed by atoms with E-state index in [-0.39, 0.29) is 0 Å². The lowest BCUT2D eigenvalue weighted by Crippen LogP contribution is -1.99. The predicted molar refractivity (Wildman–Crippen MR) is 109 cm³/mol. The van der Waals surface area contributed by atoms with Crippen molar-refractivity contribution in [3.8, 4) is 16.9 Å². The lowest BCUT2D eigenvalue weighted by Gasteiger charge is -2.06. The van der Waals surface area contributed by atoms with Gasteiger partial charge in [-0.2, -0.15) is 4.68 Å². The van der Waals surface area contributed by atoms with Gasteiger partial charge in [-0.1, -0.05) is 48.0 Å². The van der Waals surface area contributed by atoms with Crippen LogP contribution in [-0.2, 0) is 0 Å². The quantitative estimate of drug-likeness (QED) is 0.431. The van der Waals surface area contributed by atoms with Crippen LogP contribution in [0.4, 0.5) is 0 Å². The summed E-state index contributed by atoms with van der Waals surface area (Å²) in [4.78, 5) is 4.82. The molecule has 0 saturated carbocycles. The van der Waals surface area contributed by atoms with Gasteiger partial charge in [0.05, 0.1) is 5.69 Å². The Morgan fingerprint density at radius 2 is 1.64 bits per heavy atom. The molecule has 3 aromatic heterocycles. The Labute approximate surface area is 169 Å². The Hall–Kier alpha value is -3.16. The van der Waals surface area contributed by atoms with E-state index < -0.39 is 0 Å². The zero-order valence-corrected chi connectivity index (χ0v) is 16.0. The monoisotopic (exact) mass is 404 g/mol. The Balaban J connectivity index is 1.65. The molecule has 0 aliphatic heterocycles. The molecule has 5 rings (SSSR count). The van der Waals surface area contributed by atoms with Crippen LogP contribution in [0, 0.1) is 0 Å². The normalized spacial score (nSPS) is 11.2. The lowest BCUT2D eigenvalue weighted by molar-refractivity contribution is 0.755. The van der Waals surface area contributed by atoms with Crippen molar-refractivity contribution < 1.29 is 0 Å². The summed E-state index contributed by atoms with van der Waals surface area (Å²) < 4.78 is 3.76. The third-order valence-electron chi connectivity index (χ3n) is 4.23. The Morgan fingerprint density at radius 3 is 2.46 bits per heavy atom. The molecule has 0 spiro atoms. The average Bonchev–Trinajstić information content (AvgIpc) is 3.35. The SMILES string of the molecule is Clc1ccc(-c2nc3ccccn3c2Sc2nnnn2-c2ccccc2)cc1. The zero-order valence-electron chi connectivity index (χ0n) is 14.5. The fraction of sp³-hybridized carbons (Fsp3) is 0. The number of pyridine rings is 1. The van der Waals surface area contributed by atoms with Crippen LogP contribution in [-0.4, -0.2) is 29.6 Å². The van der Waals surface area contributed by atoms with E-state index in [4.69, 9.17) is 16.6 Å². The van der Waals surface area contributed by atoms with E-state index in [1.54, 1.807) is 4.68 Å². The van der Waals surface area contributed by atoms with Gasteiger partial charge in [-0.3, -0.25) is 4.40 Å². The molecule has 8 heteroatoms. The second kappa shape index (κ2) is 7.10. The maximum Gasteiger partial charge on any atom is 0.220 e. The van der Waals surface area contributed by atoms with Gasteiger partial charge in [-0.05, 0) is 58.6 Å². The van der Waals surface area contributed by atoms with Crippen LogP contribution >= 0.6 is 23.4 Å². The number of halogens is 1. The summed E-state index contributed by atoms with van der Waals surface area (Å²) >= 11 is 7.53. The van der Waals surface area contributed by atoms with Gasteiger partial charge in [0.2, 0.25) is 5.16 Å². The highest BCUT2D eigenvalue weighted by molar-refractivity contribution is 7.99. The minimum Gasteiger partial charge on any atom is -0.294 e. The molecule has 0 aliphatic carbocycles. The second-order valence-electron chi connectivity index (χ2n) is 6.01. The summed E-state index contributed by atoms with van der Waals surface area (Å²) in [6.07, 6.45) is 1.99. The number of imidazole rings is 1. The van der Waals surface area contributed by atoms with Crippen LogP contribution in [0.25, 0.3) is 22.6 Å². The van der Waals surface area contributed by atoms with Gasteiger partial charge in [-0.15, -0.1) is 5.10 Å². The first-order valence-corrected chi connectivity index (χ1v) is 9.74. The van der Waals surface area contributed by atoms with E-state index in [2.05, 4.69) is 15.5 Å². The molecule has 0 unspecified atom stereocenters. The van der Waals surface area contributed by atoms with E-state index in [1.807, 2.05) is 83.4 Å². The van der Waals surface area contributed by atoms with Crippen molar-refractivity contribution in [2.24, 2.45) is 0 Å². The number of hydrogen-bond donors (Lipinski definition) is 0. The zero-order chi connectivity index (χ0) is 18.9. The molecule has 136 valence electrons. The third-order valence-corrected chi connectivity index (χ3v) is 5.51. The molecule has 3 heterocycles. The summed E-state index contributed by atoms with van der Waals surface area (Å²) in [7, 11) is 0. The Kier molecular flexibility index (Phi) is 4.31. The van der Waals surface area contributed by atoms with Crippen molar-refractivity contribution in [3.63, 3.8) is 0 Å². The van der Waals surface area contributed by atoms with Crippen LogP contribution < -0.4 is 0 Å². The van der Waals surface area contributed by atoms with Gasteiger partial charge >= 0.3 is 0 Å². The number of nitrogens with zero attached hydrogens (tertiary/aromatic N) is 6. The number of fused-ring (bicyclic) bond motifs is 1. The molecular formula is C20H13ClN6S. The molecule has 28 heavy (non-hydrogen) atoms. The van der Waals surface area contributed by atoms with E-state index in [9.17, 15) is 0 Å². The fourth-order valence-electron chi connectivity index (χ4n) is 2.93. The van der Waals surface area contributed by atoms with Crippen molar-refractivity contribution in [2.45, 2.75) is 10.2 Å². The van der Waals surface area contributed by atoms with Crippen LogP contribution in [0.2, 0.25) is 5.02 Å². The number of benzene rings is 2. The van der Waals surface area contributed by atoms with Crippen molar-refractivity contribution in [2.75, 3.05) is 0 Å². The fourth-order valence-corrected chi connectivity index (χ4v) is 4.04. The highest BCUT2D eigenvalue weighted by Crippen LogP contribution is 2.36. The van der Waals surface area contributed by atoms with Gasteiger partial charge in [0, 0.05) is 16.8 Å². The van der Waals surface area contributed by atoms with Crippen molar-refractivity contribution in [1.82, 2.24) is 29.6 Å². The van der Waals surface area contributed by atoms with Gasteiger partial charge in [0.1, 0.15) is 16.4 Å². The lowest BCUT2D eigenvalue weighted by atomic mass is 10.2. The van der Waals surface area contributed by atoms with Crippen molar-refractivity contribution in [1.29, 1.82) is 0 Å².